The van der Waals surface area contributed by atoms with E-state index >= 15 is 0 Å². The number of hydrogen-bond acceptors (Lipinski definition) is 1. The normalized spacial score (nSPS) is 1.20. The summed E-state index contributed by atoms with van der Waals surface area (Å²) in [5.41, 5.74) is 0. The van der Waals surface area contributed by atoms with E-state index < -0.39 is 0 Å². The average molecular weight is 240 g/mol. The molecule has 0 saturated carbocycles. The molecule has 0 fully saturated rings. The maximum absolute atomic E-state index is 3.71. The van der Waals surface area contributed by atoms with E-state index in [4.69, 9.17) is 0 Å². The van der Waals surface area contributed by atoms with Crippen LogP contribution in [-0.4, -0.2) is 0 Å². The van der Waals surface area contributed by atoms with Crippen LogP contribution in [0.3, 0.4) is 0 Å². The fourth-order valence-corrected chi connectivity index (χ4v) is 0. The van der Waals surface area contributed by atoms with Gasteiger partial charge in [-0.1, -0.05) is 0 Å². The van der Waals surface area contributed by atoms with Gasteiger partial charge in [-0.25, -0.2) is 0 Å². The minimum absolute atomic E-state index is 0. The van der Waals surface area contributed by atoms with E-state index in [0.717, 1.165) is 0 Å². The predicted octanol–water partition coefficient (Wildman–Crippen LogP) is 0.754. The number of rotatable bonds is 0. The molecule has 41 valence electrons. The van der Waals surface area contributed by atoms with Gasteiger partial charge in [-0.3, -0.25) is 0 Å². The molecule has 1 radical (unpaired) electrons. The summed E-state index contributed by atoms with van der Waals surface area (Å²) >= 11 is 3.46. The molecule has 0 bridgehead atoms. The van der Waals surface area contributed by atoms with E-state index in [0.29, 0.717) is 0 Å². The first kappa shape index (κ1) is 27.5. The second-order valence-electron chi connectivity index (χ2n) is 0. The maximum atomic E-state index is 3.71. The third-order valence-corrected chi connectivity index (χ3v) is 0. The first-order valence-electron chi connectivity index (χ1n) is 0.129. The molecule has 0 rings (SSSR count). The van der Waals surface area contributed by atoms with Gasteiger partial charge in [0.1, 0.15) is 0 Å². The van der Waals surface area contributed by atoms with Crippen LogP contribution in [0.5, 0.6) is 0 Å². The molecular weight excluding hydrogens is 238 g/mol. The zero-order valence-electron chi connectivity index (χ0n) is 1.91. The molecule has 0 nitrogen and oxygen atoms in total. The van der Waals surface area contributed by atoms with E-state index in [9.17, 15) is 0 Å². The van der Waals surface area contributed by atoms with Gasteiger partial charge < -0.3 is 0 Å². The molecule has 0 spiro atoms. The molecular formula is H2CoFeNiS2. The van der Waals surface area contributed by atoms with Crippen molar-refractivity contribution in [3.63, 3.8) is 0 Å². The summed E-state index contributed by atoms with van der Waals surface area (Å²) in [6.07, 6.45) is 0. The summed E-state index contributed by atoms with van der Waals surface area (Å²) in [6.45, 7) is 0. The Morgan fingerprint density at radius 3 is 1.20 bits per heavy atom. The third-order valence-electron chi connectivity index (χ3n) is 0. The Morgan fingerprint density at radius 1 is 1.20 bits per heavy atom. The van der Waals surface area contributed by atoms with Crippen LogP contribution >= 0.6 is 24.2 Å². The fourth-order valence-electron chi connectivity index (χ4n) is 0. The second kappa shape index (κ2) is 36.1. The van der Waals surface area contributed by atoms with Crippen molar-refractivity contribution in [3.05, 3.63) is 0 Å². The molecule has 0 N–H and O–H groups in total. The fraction of sp³-hybridized carbons (Fsp3) is 0. The Hall–Kier alpha value is 2.09. The van der Waals surface area contributed by atoms with Crippen LogP contribution in [0.2, 0.25) is 0 Å². The second-order valence-corrected chi connectivity index (χ2v) is 0. The molecule has 0 aromatic heterocycles. The monoisotopic (exact) mass is 239 g/mol. The molecule has 0 atom stereocenters. The molecule has 0 saturated heterocycles. The Balaban J connectivity index is -0.00000000167. The first-order chi connectivity index (χ1) is 1.00. The summed E-state index contributed by atoms with van der Waals surface area (Å²) in [6, 6.07) is 0. The van der Waals surface area contributed by atoms with Crippen molar-refractivity contribution in [1.29, 1.82) is 0 Å². The molecule has 0 heterocycles. The standard InChI is InChI=1S/Co.Fe.Ni.H2S.S/h;;;1H2;. The Bertz CT molecular complexity index is 9.61. The first-order valence-corrected chi connectivity index (χ1v) is 1.60. The van der Waals surface area contributed by atoms with Crippen molar-refractivity contribution in [2.24, 2.45) is 0 Å². The van der Waals surface area contributed by atoms with Crippen molar-refractivity contribution >= 4 is 24.2 Å². The van der Waals surface area contributed by atoms with Crippen LogP contribution in [0.25, 0.3) is 0 Å². The van der Waals surface area contributed by atoms with Gasteiger partial charge in [0, 0.05) is 33.8 Å². The van der Waals surface area contributed by atoms with Crippen molar-refractivity contribution in [2.45, 2.75) is 0 Å². The van der Waals surface area contributed by atoms with Crippen LogP contribution in [0.15, 0.2) is 0 Å². The van der Waals surface area contributed by atoms with Crippen LogP contribution in [0.1, 0.15) is 0 Å². The quantitative estimate of drug-likeness (QED) is 0.563. The van der Waals surface area contributed by atoms with Crippen LogP contribution in [0.4, 0.5) is 0 Å². The van der Waals surface area contributed by atoms with Gasteiger partial charge in [0.15, 0.2) is 0 Å². The van der Waals surface area contributed by atoms with Crippen molar-refractivity contribution in [2.75, 3.05) is 0 Å². The van der Waals surface area contributed by atoms with E-state index in [1.807, 2.05) is 0 Å². The topological polar surface area (TPSA) is 0 Å². The van der Waals surface area contributed by atoms with Crippen molar-refractivity contribution in [1.82, 2.24) is 0 Å². The van der Waals surface area contributed by atoms with Gasteiger partial charge in [0.2, 0.25) is 0 Å². The Labute approximate surface area is 71.3 Å². The summed E-state index contributed by atoms with van der Waals surface area (Å²) in [5.74, 6) is 0. The predicted molar refractivity (Wildman–Crippen MR) is 18.0 cm³/mol. The summed E-state index contributed by atoms with van der Waals surface area (Å²) < 4.78 is 0. The molecule has 0 aliphatic rings. The molecule has 0 amide bonds. The Morgan fingerprint density at radius 2 is 1.20 bits per heavy atom. The zero-order chi connectivity index (χ0) is 2.00. The van der Waals surface area contributed by atoms with Gasteiger partial charge >= 0.3 is 24.5 Å². The van der Waals surface area contributed by atoms with Crippen molar-refractivity contribution < 1.29 is 47.7 Å². The molecule has 5 heavy (non-hydrogen) atoms. The SMILES string of the molecule is S.[Co].[Fe].[S]=[Ni]. The summed E-state index contributed by atoms with van der Waals surface area (Å²) in [5, 5.41) is 0. The zero-order valence-corrected chi connectivity index (χ0v) is 6.86. The molecule has 0 aliphatic carbocycles. The van der Waals surface area contributed by atoms with Crippen molar-refractivity contribution in [3.8, 4) is 0 Å². The number of hydrogen-bond donors (Lipinski definition) is 0. The average Bonchev–Trinajstić information content (AvgIpc) is 1.00. The molecule has 0 aliphatic heterocycles. The van der Waals surface area contributed by atoms with Gasteiger partial charge in [0.05, 0.1) is 0 Å². The molecule has 0 aromatic rings. The Kier molecular flexibility index (Phi) is 199. The van der Waals surface area contributed by atoms with E-state index in [1.54, 1.807) is 0 Å². The van der Waals surface area contributed by atoms with Gasteiger partial charge in [0.25, 0.3) is 0 Å². The molecule has 0 aromatic carbocycles. The third kappa shape index (κ3) is 23.3. The van der Waals surface area contributed by atoms with E-state index in [-0.39, 0.29) is 47.3 Å². The summed E-state index contributed by atoms with van der Waals surface area (Å²) in [4.78, 5) is 0. The van der Waals surface area contributed by atoms with Gasteiger partial charge in [-0.05, 0) is 0 Å². The van der Waals surface area contributed by atoms with Crippen LogP contribution < -0.4 is 0 Å². The van der Waals surface area contributed by atoms with Crippen LogP contribution in [0, 0.1) is 0 Å². The van der Waals surface area contributed by atoms with Gasteiger partial charge in [-0.2, -0.15) is 13.5 Å². The molecule has 5 heteroatoms. The molecule has 0 unspecified atom stereocenters. The van der Waals surface area contributed by atoms with E-state index in [2.05, 4.69) is 24.5 Å². The summed E-state index contributed by atoms with van der Waals surface area (Å²) in [7, 11) is 3.71. The minimum atomic E-state index is 0. The van der Waals surface area contributed by atoms with E-state index in [1.165, 1.54) is 0 Å². The van der Waals surface area contributed by atoms with Crippen LogP contribution in [-0.2, 0) is 47.7 Å². The van der Waals surface area contributed by atoms with Gasteiger partial charge in [-0.15, -0.1) is 0 Å².